The van der Waals surface area contributed by atoms with Crippen molar-refractivity contribution >= 4 is 11.6 Å². The second kappa shape index (κ2) is 19.2. The fourth-order valence-electron chi connectivity index (χ4n) is 12.7. The number of benzene rings is 2. The van der Waals surface area contributed by atoms with Gasteiger partial charge in [-0.05, 0) is 138 Å². The van der Waals surface area contributed by atoms with Crippen LogP contribution in [0.1, 0.15) is 210 Å². The molecule has 4 aromatic rings. The summed E-state index contributed by atoms with van der Waals surface area (Å²) in [6.07, 6.45) is 10.1. The van der Waals surface area contributed by atoms with Gasteiger partial charge in [0.25, 0.3) is 0 Å². The Balaban J connectivity index is 0.000000170. The highest BCUT2D eigenvalue weighted by molar-refractivity contribution is 5.85. The average Bonchev–Trinajstić information content (AvgIpc) is 4.11. The molecule has 0 aliphatic heterocycles. The van der Waals surface area contributed by atoms with Gasteiger partial charge < -0.3 is 9.13 Å². The molecule has 0 radical (unpaired) electrons. The largest absolute Gasteiger partial charge is 0.311 e. The first-order valence-corrected chi connectivity index (χ1v) is 26.0. The summed E-state index contributed by atoms with van der Waals surface area (Å²) < 4.78 is 63.2. The molecule has 12 heteroatoms. The molecule has 0 saturated heterocycles. The molecule has 6 saturated carbocycles. The van der Waals surface area contributed by atoms with E-state index >= 15 is 0 Å². The Labute approximate surface area is 401 Å². The molecule has 2 aromatic carbocycles. The number of hydrogen-bond acceptors (Lipinski definition) is 6. The van der Waals surface area contributed by atoms with Crippen molar-refractivity contribution in [2.45, 2.75) is 206 Å². The number of rotatable bonds is 16. The number of aryl methyl sites for hydroxylation is 4. The molecule has 6 aliphatic carbocycles. The van der Waals surface area contributed by atoms with Crippen LogP contribution in [0, 0.1) is 63.2 Å². The number of alkyl halides is 4. The molecule has 10 rings (SSSR count). The summed E-state index contributed by atoms with van der Waals surface area (Å²) >= 11 is 0. The predicted molar refractivity (Wildman–Crippen MR) is 257 cm³/mol. The fourth-order valence-corrected chi connectivity index (χ4v) is 12.7. The van der Waals surface area contributed by atoms with Crippen molar-refractivity contribution in [2.75, 3.05) is 0 Å². The molecule has 6 fully saturated rings. The molecule has 0 amide bonds. The van der Waals surface area contributed by atoms with Crippen molar-refractivity contribution in [2.24, 2.45) is 35.5 Å². The van der Waals surface area contributed by atoms with Crippen LogP contribution in [-0.2, 0) is 22.4 Å². The Hall–Kier alpha value is -4.22. The molecule has 68 heavy (non-hydrogen) atoms. The molecule has 2 heterocycles. The number of Topliss-reactive ketones (excluding diaryl/α,β-unsaturated/α-hetero) is 2. The van der Waals surface area contributed by atoms with E-state index in [1.807, 2.05) is 64.1 Å². The molecule has 8 nitrogen and oxygen atoms in total. The molecule has 0 spiro atoms. The molecule has 368 valence electrons. The van der Waals surface area contributed by atoms with E-state index in [2.05, 4.69) is 57.2 Å². The Morgan fingerprint density at radius 2 is 0.912 bits per heavy atom. The first-order valence-electron chi connectivity index (χ1n) is 26.0. The third kappa shape index (κ3) is 10.7. The number of ketones is 2. The third-order valence-corrected chi connectivity index (χ3v) is 16.4. The van der Waals surface area contributed by atoms with Crippen LogP contribution in [0.4, 0.5) is 17.6 Å². The normalized spacial score (nSPS) is 28.3. The van der Waals surface area contributed by atoms with Gasteiger partial charge in [0.15, 0.2) is 0 Å². The summed E-state index contributed by atoms with van der Waals surface area (Å²) in [4.78, 5) is 26.8. The zero-order chi connectivity index (χ0) is 48.4. The van der Waals surface area contributed by atoms with Crippen molar-refractivity contribution in [1.29, 1.82) is 0 Å². The number of aromatic nitrogens is 6. The molecule has 4 atom stereocenters. The number of carbonyl (C=O) groups excluding carboxylic acids is 2. The van der Waals surface area contributed by atoms with Gasteiger partial charge in [-0.15, -0.1) is 20.4 Å². The monoisotopic (exact) mass is 939 g/mol. The second-order valence-corrected chi connectivity index (χ2v) is 23.5. The van der Waals surface area contributed by atoms with E-state index in [0.29, 0.717) is 47.4 Å². The van der Waals surface area contributed by atoms with Crippen LogP contribution >= 0.6 is 0 Å². The van der Waals surface area contributed by atoms with E-state index in [1.54, 1.807) is 0 Å². The maximum Gasteiger partial charge on any atom is 0.249 e. The van der Waals surface area contributed by atoms with E-state index in [-0.39, 0.29) is 50.1 Å². The van der Waals surface area contributed by atoms with E-state index in [0.717, 1.165) is 108 Å². The van der Waals surface area contributed by atoms with Gasteiger partial charge in [0.1, 0.15) is 34.9 Å². The van der Waals surface area contributed by atoms with Gasteiger partial charge in [-0.2, -0.15) is 0 Å². The number of halogens is 4. The molecule has 0 N–H and O–H groups in total. The van der Waals surface area contributed by atoms with Gasteiger partial charge in [0, 0.05) is 86.1 Å². The van der Waals surface area contributed by atoms with Crippen molar-refractivity contribution in [3.05, 3.63) is 93.1 Å². The van der Waals surface area contributed by atoms with E-state index in [9.17, 15) is 27.2 Å². The third-order valence-electron chi connectivity index (χ3n) is 16.4. The summed E-state index contributed by atoms with van der Waals surface area (Å²) in [7, 11) is 0. The summed E-state index contributed by atoms with van der Waals surface area (Å²) in [5.74, 6) is -1.59. The smallest absolute Gasteiger partial charge is 0.249 e. The van der Waals surface area contributed by atoms with Crippen molar-refractivity contribution in [3.8, 4) is 0 Å². The molecular formula is C56H74F4N6O2. The second-order valence-electron chi connectivity index (χ2n) is 23.5. The highest BCUT2D eigenvalue weighted by Gasteiger charge is 2.54. The van der Waals surface area contributed by atoms with E-state index < -0.39 is 35.5 Å². The zero-order valence-corrected chi connectivity index (χ0v) is 41.7. The van der Waals surface area contributed by atoms with Gasteiger partial charge in [-0.1, -0.05) is 75.2 Å². The number of nitrogens with zero attached hydrogens (tertiary/aromatic N) is 6. The van der Waals surface area contributed by atoms with Crippen LogP contribution in [0.15, 0.2) is 36.4 Å². The summed E-state index contributed by atoms with van der Waals surface area (Å²) in [6, 6.07) is 12.6. The summed E-state index contributed by atoms with van der Waals surface area (Å²) in [5, 5.41) is 18.1. The Morgan fingerprint density at radius 3 is 1.24 bits per heavy atom. The van der Waals surface area contributed by atoms with Crippen molar-refractivity contribution in [1.82, 2.24) is 29.5 Å². The minimum absolute atomic E-state index is 0.0957. The summed E-state index contributed by atoms with van der Waals surface area (Å²) in [6.45, 7) is 17.0. The predicted octanol–water partition coefficient (Wildman–Crippen LogP) is 13.4. The molecular weight excluding hydrogens is 865 g/mol. The first-order chi connectivity index (χ1) is 32.2. The van der Waals surface area contributed by atoms with Crippen LogP contribution in [-0.4, -0.2) is 52.9 Å². The van der Waals surface area contributed by atoms with E-state index in [1.165, 1.54) is 12.8 Å². The molecule has 0 unspecified atom stereocenters. The summed E-state index contributed by atoms with van der Waals surface area (Å²) in [5.41, 5.74) is 6.21. The SMILES string of the molecule is Cc1ccc(CC(=O)[C@@H]2CC(F)(F)C[C@H]2c2nnc(C3CC(CC(C)C)C3)n2C2CC2)c(C)c1.Cc1ccc(CC(=O)[C@H]2CC(F)(F)C[C@@H]2c2nnc(C3CC(CC(C)C)C3)n2C2CC2)c(C)c1. The number of carbonyl (C=O) groups is 2. The lowest BCUT2D eigenvalue weighted by atomic mass is 9.71. The lowest BCUT2D eigenvalue weighted by Crippen LogP contribution is -2.27. The zero-order valence-electron chi connectivity index (χ0n) is 41.7. The molecule has 0 bridgehead atoms. The minimum atomic E-state index is -2.84. The minimum Gasteiger partial charge on any atom is -0.311 e. The highest BCUT2D eigenvalue weighted by Crippen LogP contribution is 2.55. The Bertz CT molecular complexity index is 2300. The van der Waals surface area contributed by atoms with Gasteiger partial charge in [-0.25, -0.2) is 17.6 Å². The quantitative estimate of drug-likeness (QED) is 0.104. The number of hydrogen-bond donors (Lipinski definition) is 0. The fraction of sp³-hybridized carbons (Fsp3) is 0.679. The van der Waals surface area contributed by atoms with Crippen molar-refractivity contribution in [3.63, 3.8) is 0 Å². The molecule has 2 aromatic heterocycles. The average molecular weight is 939 g/mol. The maximum absolute atomic E-state index is 14.7. The first kappa shape index (κ1) is 48.8. The van der Waals surface area contributed by atoms with Crippen LogP contribution in [0.25, 0.3) is 0 Å². The van der Waals surface area contributed by atoms with Gasteiger partial charge in [0.05, 0.1) is 0 Å². The maximum atomic E-state index is 14.7. The van der Waals surface area contributed by atoms with Gasteiger partial charge in [-0.3, -0.25) is 9.59 Å². The van der Waals surface area contributed by atoms with Crippen LogP contribution in [0.2, 0.25) is 0 Å². The standard InChI is InChI=1S/2C28H37F2N3O/c2*1-16(2)9-19-11-21(12-19)26-31-32-27(33(26)22-7-8-22)24-15-28(29,30)14-23(24)25(34)13-20-6-5-17(3)10-18(20)4/h2*5-6,10,16,19,21-24H,7-9,11-15H2,1-4H3/t2*19?,21?,23-,24-/m10/s1. The van der Waals surface area contributed by atoms with Crippen LogP contribution in [0.5, 0.6) is 0 Å². The topological polar surface area (TPSA) is 95.6 Å². The van der Waals surface area contributed by atoms with E-state index in [4.69, 9.17) is 0 Å². The van der Waals surface area contributed by atoms with Gasteiger partial charge in [0.2, 0.25) is 11.8 Å². The van der Waals surface area contributed by atoms with Gasteiger partial charge >= 0.3 is 0 Å². The lowest BCUT2D eigenvalue weighted by Gasteiger charge is -2.36. The van der Waals surface area contributed by atoms with Crippen molar-refractivity contribution < 1.29 is 27.2 Å². The lowest BCUT2D eigenvalue weighted by molar-refractivity contribution is -0.124. The Morgan fingerprint density at radius 1 is 0.559 bits per heavy atom. The Kier molecular flexibility index (Phi) is 13.8. The van der Waals surface area contributed by atoms with Crippen LogP contribution in [0.3, 0.4) is 0 Å². The molecule has 6 aliphatic rings. The highest BCUT2D eigenvalue weighted by atomic mass is 19.3. The van der Waals surface area contributed by atoms with Crippen LogP contribution < -0.4 is 0 Å².